The van der Waals surface area contributed by atoms with Crippen LogP contribution in [0.2, 0.25) is 0 Å². The van der Waals surface area contributed by atoms with Crippen molar-refractivity contribution in [2.24, 2.45) is 0 Å². The molecule has 31 heavy (non-hydrogen) atoms. The third kappa shape index (κ3) is 3.09. The van der Waals surface area contributed by atoms with E-state index >= 15 is 0 Å². The maximum absolute atomic E-state index is 14.0. The third-order valence-corrected chi connectivity index (χ3v) is 5.93. The van der Waals surface area contributed by atoms with Crippen LogP contribution in [0.4, 0.5) is 4.39 Å². The van der Waals surface area contributed by atoms with E-state index < -0.39 is 11.8 Å². The number of carboxylic acids is 1. The highest BCUT2D eigenvalue weighted by atomic mass is 19.1. The van der Waals surface area contributed by atoms with Gasteiger partial charge in [0.05, 0.1) is 0 Å². The fourth-order valence-electron chi connectivity index (χ4n) is 4.56. The van der Waals surface area contributed by atoms with Crippen LogP contribution in [0.5, 0.6) is 5.75 Å². The van der Waals surface area contributed by atoms with Crippen LogP contribution in [-0.4, -0.2) is 38.1 Å². The second kappa shape index (κ2) is 7.12. The fourth-order valence-corrected chi connectivity index (χ4v) is 4.56. The Hall–Kier alpha value is -3.87. The second-order valence-corrected chi connectivity index (χ2v) is 7.72. The molecule has 0 spiro atoms. The van der Waals surface area contributed by atoms with Gasteiger partial charge in [-0.3, -0.25) is 9.59 Å². The number of carbonyl (C=O) groups excluding carboxylic acids is 1. The van der Waals surface area contributed by atoms with E-state index in [1.54, 1.807) is 51.9 Å². The first-order valence-corrected chi connectivity index (χ1v) is 9.95. The van der Waals surface area contributed by atoms with Gasteiger partial charge in [-0.15, -0.1) is 0 Å². The smallest absolute Gasteiger partial charge is 0.323 e. The van der Waals surface area contributed by atoms with Crippen molar-refractivity contribution in [3.8, 4) is 5.75 Å². The average Bonchev–Trinajstić information content (AvgIpc) is 3.05. The highest BCUT2D eigenvalue weighted by molar-refractivity contribution is 6.08. The topological polar surface area (TPSA) is 82.8 Å². The summed E-state index contributed by atoms with van der Waals surface area (Å²) < 4.78 is 15.7. The predicted octanol–water partition coefficient (Wildman–Crippen LogP) is 3.92. The molecule has 0 radical (unpaired) electrons. The molecule has 0 saturated heterocycles. The van der Waals surface area contributed by atoms with Crippen LogP contribution in [0.1, 0.15) is 21.6 Å². The zero-order chi connectivity index (χ0) is 21.7. The minimum absolute atomic E-state index is 0.111. The highest BCUT2D eigenvalue weighted by Gasteiger charge is 2.28. The van der Waals surface area contributed by atoms with Gasteiger partial charge in [0.1, 0.15) is 18.1 Å². The van der Waals surface area contributed by atoms with E-state index in [0.29, 0.717) is 40.2 Å². The predicted molar refractivity (Wildman–Crippen MR) is 114 cm³/mol. The van der Waals surface area contributed by atoms with Gasteiger partial charge >= 0.3 is 5.97 Å². The molecule has 7 heteroatoms. The first kappa shape index (κ1) is 19.1. The Morgan fingerprint density at radius 3 is 2.58 bits per heavy atom. The molecule has 3 aromatic carbocycles. The number of amides is 1. The summed E-state index contributed by atoms with van der Waals surface area (Å²) in [5.74, 6) is -1.45. The Morgan fingerprint density at radius 1 is 1.00 bits per heavy atom. The number of halogens is 1. The number of fused-ring (bicyclic) bond motifs is 4. The van der Waals surface area contributed by atoms with E-state index in [4.69, 9.17) is 0 Å². The number of hydrogen-bond donors (Lipinski definition) is 2. The molecule has 6 nitrogen and oxygen atoms in total. The summed E-state index contributed by atoms with van der Waals surface area (Å²) in [6.07, 6.45) is 0.473. The summed E-state index contributed by atoms with van der Waals surface area (Å²) >= 11 is 0. The summed E-state index contributed by atoms with van der Waals surface area (Å²) in [7, 11) is 0. The first-order chi connectivity index (χ1) is 14.9. The molecule has 0 bridgehead atoms. The van der Waals surface area contributed by atoms with Crippen LogP contribution in [0.15, 0.2) is 54.6 Å². The van der Waals surface area contributed by atoms with Crippen LogP contribution >= 0.6 is 0 Å². The van der Waals surface area contributed by atoms with Crippen molar-refractivity contribution in [2.75, 3.05) is 6.54 Å². The lowest BCUT2D eigenvalue weighted by Gasteiger charge is -2.28. The molecule has 0 aliphatic carbocycles. The molecule has 156 valence electrons. The average molecular weight is 418 g/mol. The molecule has 1 aliphatic heterocycles. The lowest BCUT2D eigenvalue weighted by atomic mass is 10.00. The Balaban J connectivity index is 1.58. The number of hydrogen-bond acceptors (Lipinski definition) is 3. The van der Waals surface area contributed by atoms with Gasteiger partial charge in [0.15, 0.2) is 0 Å². The summed E-state index contributed by atoms with van der Waals surface area (Å²) in [6, 6.07) is 14.6. The normalized spacial score (nSPS) is 13.5. The number of rotatable bonds is 3. The Labute approximate surface area is 176 Å². The van der Waals surface area contributed by atoms with Gasteiger partial charge in [0, 0.05) is 52.6 Å². The van der Waals surface area contributed by atoms with E-state index in [1.807, 2.05) is 0 Å². The molecular weight excluding hydrogens is 399 g/mol. The fraction of sp³-hybridized carbons (Fsp3) is 0.167. The third-order valence-electron chi connectivity index (χ3n) is 5.93. The standard InChI is InChI=1S/C24H19FN2O4/c25-14-7-8-20-18(11-14)19-12-26(10-9-21(19)27(20)13-23(29)30)24(31)17-5-1-4-16-15(17)3-2-6-22(16)28/h1-8,11,28H,9-10,12-13H2,(H,29,30). The number of phenols is 1. The van der Waals surface area contributed by atoms with E-state index in [2.05, 4.69) is 0 Å². The molecule has 1 amide bonds. The van der Waals surface area contributed by atoms with Crippen molar-refractivity contribution in [3.05, 3.63) is 77.2 Å². The second-order valence-electron chi connectivity index (χ2n) is 7.72. The van der Waals surface area contributed by atoms with Gasteiger partial charge in [0.2, 0.25) is 0 Å². The molecular formula is C24H19FN2O4. The van der Waals surface area contributed by atoms with Crippen LogP contribution in [0, 0.1) is 5.82 Å². The number of aromatic nitrogens is 1. The number of nitrogens with zero attached hydrogens (tertiary/aromatic N) is 2. The Kier molecular flexibility index (Phi) is 4.39. The molecule has 4 aromatic rings. The molecule has 0 atom stereocenters. The van der Waals surface area contributed by atoms with Gasteiger partial charge in [-0.05, 0) is 35.7 Å². The van der Waals surface area contributed by atoms with E-state index in [0.717, 1.165) is 11.3 Å². The number of carboxylic acid groups (broad SMARTS) is 1. The van der Waals surface area contributed by atoms with E-state index in [9.17, 15) is 24.2 Å². The van der Waals surface area contributed by atoms with Crippen molar-refractivity contribution in [2.45, 2.75) is 19.5 Å². The van der Waals surface area contributed by atoms with Gasteiger partial charge in [-0.2, -0.15) is 0 Å². The van der Waals surface area contributed by atoms with Gasteiger partial charge in [-0.1, -0.05) is 24.3 Å². The monoisotopic (exact) mass is 418 g/mol. The van der Waals surface area contributed by atoms with Gasteiger partial charge < -0.3 is 19.7 Å². The van der Waals surface area contributed by atoms with Gasteiger partial charge in [-0.25, -0.2) is 4.39 Å². The zero-order valence-electron chi connectivity index (χ0n) is 16.5. The lowest BCUT2D eigenvalue weighted by molar-refractivity contribution is -0.137. The molecule has 5 rings (SSSR count). The molecule has 1 aliphatic rings. The zero-order valence-corrected chi connectivity index (χ0v) is 16.5. The van der Waals surface area contributed by atoms with Crippen molar-refractivity contribution in [1.29, 1.82) is 0 Å². The molecule has 0 fully saturated rings. The van der Waals surface area contributed by atoms with Gasteiger partial charge in [0.25, 0.3) is 5.91 Å². The molecule has 2 N–H and O–H groups in total. The maximum Gasteiger partial charge on any atom is 0.323 e. The number of benzene rings is 3. The van der Waals surface area contributed by atoms with Crippen LogP contribution < -0.4 is 0 Å². The lowest BCUT2D eigenvalue weighted by Crippen LogP contribution is -2.36. The molecule has 2 heterocycles. The van der Waals surface area contributed by atoms with Crippen molar-refractivity contribution in [3.63, 3.8) is 0 Å². The minimum atomic E-state index is -0.974. The maximum atomic E-state index is 14.0. The highest BCUT2D eigenvalue weighted by Crippen LogP contribution is 2.33. The van der Waals surface area contributed by atoms with Crippen LogP contribution in [0.25, 0.3) is 21.7 Å². The molecule has 0 unspecified atom stereocenters. The Morgan fingerprint density at radius 2 is 1.77 bits per heavy atom. The van der Waals surface area contributed by atoms with E-state index in [1.165, 1.54) is 12.1 Å². The van der Waals surface area contributed by atoms with E-state index in [-0.39, 0.29) is 24.7 Å². The van der Waals surface area contributed by atoms with Crippen LogP contribution in [0.3, 0.4) is 0 Å². The number of aliphatic carboxylic acids is 1. The first-order valence-electron chi connectivity index (χ1n) is 9.95. The summed E-state index contributed by atoms with van der Waals surface area (Å²) in [4.78, 5) is 26.5. The molecule has 1 aromatic heterocycles. The number of phenolic OH excluding ortho intramolecular Hbond substituents is 1. The molecule has 0 saturated carbocycles. The largest absolute Gasteiger partial charge is 0.507 e. The SMILES string of the molecule is O=C(O)Cn1c2c(c3cc(F)ccc31)CN(C(=O)c1cccc3c(O)cccc13)CC2. The summed E-state index contributed by atoms with van der Waals surface area (Å²) in [6.45, 7) is 0.462. The summed E-state index contributed by atoms with van der Waals surface area (Å²) in [5, 5.41) is 21.4. The quantitative estimate of drug-likeness (QED) is 0.528. The Bertz CT molecular complexity index is 1380. The van der Waals surface area contributed by atoms with Crippen molar-refractivity contribution < 1.29 is 24.2 Å². The van der Waals surface area contributed by atoms with Crippen molar-refractivity contribution in [1.82, 2.24) is 9.47 Å². The summed E-state index contributed by atoms with van der Waals surface area (Å²) in [5.41, 5.74) is 2.73. The number of aromatic hydroxyl groups is 1. The van der Waals surface area contributed by atoms with Crippen LogP contribution in [-0.2, 0) is 24.3 Å². The van der Waals surface area contributed by atoms with Crippen molar-refractivity contribution >= 4 is 33.6 Å². The minimum Gasteiger partial charge on any atom is -0.507 e. The number of carbonyl (C=O) groups is 2.